The minimum Gasteiger partial charge on any atom is -0.255 e. The van der Waals surface area contributed by atoms with Crippen LogP contribution in [-0.4, -0.2) is 47.5 Å². The summed E-state index contributed by atoms with van der Waals surface area (Å²) < 4.78 is 84.4. The monoisotopic (exact) mass is 454 g/mol. The molecule has 0 N–H and O–H groups in total. The van der Waals surface area contributed by atoms with Crippen molar-refractivity contribution in [2.24, 2.45) is 0 Å². The molecule has 0 heterocycles. The van der Waals surface area contributed by atoms with Crippen LogP contribution >= 0.6 is 0 Å². The van der Waals surface area contributed by atoms with Crippen molar-refractivity contribution in [1.29, 1.82) is 0 Å². The van der Waals surface area contributed by atoms with E-state index in [2.05, 4.69) is 34.6 Å². The van der Waals surface area contributed by atoms with Crippen LogP contribution in [0.5, 0.6) is 0 Å². The quantitative estimate of drug-likeness (QED) is 0.277. The Kier molecular flexibility index (Phi) is 142. The third kappa shape index (κ3) is 199. The molecule has 0 spiro atoms. The molecule has 0 aromatic carbocycles. The molecule has 190 valence electrons. The summed E-state index contributed by atoms with van der Waals surface area (Å²) in [6, 6.07) is 0. The Hall–Kier alpha value is -0.560. The Morgan fingerprint density at radius 2 is 0.793 bits per heavy atom. The molecule has 0 amide bonds. The van der Waals surface area contributed by atoms with Gasteiger partial charge in [0.15, 0.2) is 6.67 Å². The van der Waals surface area contributed by atoms with Gasteiger partial charge in [-0.15, -0.1) is 0 Å². The van der Waals surface area contributed by atoms with Crippen LogP contribution in [0.1, 0.15) is 93.4 Å². The fourth-order valence-corrected chi connectivity index (χ4v) is 0.439. The van der Waals surface area contributed by atoms with Crippen LogP contribution in [0.15, 0.2) is 0 Å². The normalized spacial score (nSPS) is 7.66. The lowest BCUT2D eigenvalue weighted by Gasteiger charge is -2.05. The number of alkyl halides is 8. The van der Waals surface area contributed by atoms with E-state index < -0.39 is 19.0 Å². The summed E-state index contributed by atoms with van der Waals surface area (Å²) in [4.78, 5) is 0. The predicted octanol–water partition coefficient (Wildman–Crippen LogP) is 10.1. The van der Waals surface area contributed by atoms with Crippen molar-refractivity contribution in [2.75, 3.05) is 41.6 Å². The third-order valence-corrected chi connectivity index (χ3v) is 1.64. The van der Waals surface area contributed by atoms with Gasteiger partial charge in [-0.2, -0.15) is 0 Å². The summed E-state index contributed by atoms with van der Waals surface area (Å²) >= 11 is 0. The number of hydrogen-bond donors (Lipinski definition) is 0. The predicted molar refractivity (Wildman–Crippen MR) is 116 cm³/mol. The Labute approximate surface area is 176 Å². The summed E-state index contributed by atoms with van der Waals surface area (Å²) in [6.45, 7) is 11.8. The van der Waals surface area contributed by atoms with E-state index in [9.17, 15) is 35.1 Å². The maximum absolute atomic E-state index is 11.5. The van der Waals surface area contributed by atoms with E-state index in [0.717, 1.165) is 19.3 Å². The molecule has 8 heteroatoms. The molecule has 0 saturated carbocycles. The van der Waals surface area contributed by atoms with Gasteiger partial charge >= 0.3 is 0 Å². The number of unbranched alkanes of at least 4 members (excludes halogenated alkanes) is 2. The minimum absolute atomic E-state index is 0.145. The second-order valence-corrected chi connectivity index (χ2v) is 4.84. The van der Waals surface area contributed by atoms with E-state index in [1.165, 1.54) is 19.8 Å². The van der Waals surface area contributed by atoms with Gasteiger partial charge < -0.3 is 0 Å². The van der Waals surface area contributed by atoms with Crippen LogP contribution in [0.25, 0.3) is 0 Å². The smallest absolute Gasteiger partial charge is 0.255 e. The molecule has 29 heavy (non-hydrogen) atoms. The Morgan fingerprint density at radius 3 is 0.828 bits per heavy atom. The second-order valence-electron chi connectivity index (χ2n) is 4.84. The zero-order valence-corrected chi connectivity index (χ0v) is 20.6. The van der Waals surface area contributed by atoms with Crippen molar-refractivity contribution in [3.63, 3.8) is 0 Å². The largest absolute Gasteiger partial charge is 0.275 e. The van der Waals surface area contributed by atoms with Crippen molar-refractivity contribution in [2.45, 2.75) is 99.3 Å². The lowest BCUT2D eigenvalue weighted by atomic mass is 10.3. The summed E-state index contributed by atoms with van der Waals surface area (Å²) in [5, 5.41) is 0. The van der Waals surface area contributed by atoms with Gasteiger partial charge in [0.05, 0.1) is 34.9 Å². The Balaban J connectivity index is -0.0000000306. The lowest BCUT2D eigenvalue weighted by molar-refractivity contribution is -0.0255. The second kappa shape index (κ2) is 80.5. The summed E-state index contributed by atoms with van der Waals surface area (Å²) in [5.74, 6) is -3.08. The van der Waals surface area contributed by atoms with E-state index in [0.29, 0.717) is 28.0 Å². The molecule has 0 bridgehead atoms. The van der Waals surface area contributed by atoms with E-state index in [1.807, 2.05) is 0 Å². The van der Waals surface area contributed by atoms with Gasteiger partial charge in [-0.25, -0.2) is 13.2 Å². The van der Waals surface area contributed by atoms with Gasteiger partial charge in [0.1, 0.15) is 0 Å². The highest BCUT2D eigenvalue weighted by molar-refractivity contribution is 4.58. The first-order valence-corrected chi connectivity index (χ1v) is 9.97. The van der Waals surface area contributed by atoms with Crippen molar-refractivity contribution >= 4 is 0 Å². The van der Waals surface area contributed by atoms with Crippen LogP contribution < -0.4 is 0 Å². The highest BCUT2D eigenvalue weighted by Gasteiger charge is 2.24. The van der Waals surface area contributed by atoms with Crippen molar-refractivity contribution in [3.8, 4) is 0 Å². The molecule has 0 nitrogen and oxygen atoms in total. The van der Waals surface area contributed by atoms with Crippen LogP contribution in [0.2, 0.25) is 0 Å². The molecule has 0 rings (SSSR count). The van der Waals surface area contributed by atoms with Gasteiger partial charge in [0.25, 0.3) is 5.92 Å². The van der Waals surface area contributed by atoms with Crippen LogP contribution in [0, 0.1) is 0 Å². The Bertz CT molecular complexity index is 135. The lowest BCUT2D eigenvalue weighted by Crippen LogP contribution is -2.16. The molecule has 0 unspecified atom stereocenters. The fraction of sp³-hybridized carbons (Fsp3) is 1.00. The van der Waals surface area contributed by atoms with Crippen LogP contribution in [0.3, 0.4) is 0 Å². The zero-order valence-electron chi connectivity index (χ0n) is 20.6. The molecule has 0 atom stereocenters. The SMILES string of the molecule is CCC.CCC.CCC(F)(F)CF.CCCCCF.CCCF.CF.CF.CF. The molecule has 0 radical (unpaired) electrons. The Morgan fingerprint density at radius 1 is 0.517 bits per heavy atom. The van der Waals surface area contributed by atoms with E-state index in [-0.39, 0.29) is 13.3 Å². The first kappa shape index (κ1) is 51.3. The summed E-state index contributed by atoms with van der Waals surface area (Å²) in [5.41, 5.74) is 0. The minimum atomic E-state index is -3.08. The summed E-state index contributed by atoms with van der Waals surface area (Å²) in [6.07, 6.45) is 5.64. The standard InChI is InChI=1S/C5H11F.C4H7F3.C3H7F.2C3H8.3CH3F/c1-2-3-4-5-6;1-2-4(6,7)3-5;1-2-3-4;2*1-3-2;3*1-2/h2-5H2,1H3;2-3H2,1H3;2-3H2,1H3;2*3H2,1-2H3;3*1H3. The van der Waals surface area contributed by atoms with E-state index in [4.69, 9.17) is 0 Å². The van der Waals surface area contributed by atoms with Crippen molar-refractivity contribution in [3.05, 3.63) is 0 Å². The van der Waals surface area contributed by atoms with Gasteiger partial charge in [-0.1, -0.05) is 74.1 Å². The van der Waals surface area contributed by atoms with Crippen LogP contribution in [0.4, 0.5) is 35.1 Å². The van der Waals surface area contributed by atoms with Crippen LogP contribution in [-0.2, 0) is 0 Å². The fourth-order valence-electron chi connectivity index (χ4n) is 0.439. The maximum Gasteiger partial charge on any atom is 0.275 e. The molecular weight excluding hydrogens is 404 g/mol. The summed E-state index contributed by atoms with van der Waals surface area (Å²) in [7, 11) is 1.50. The molecule has 0 aliphatic carbocycles. The van der Waals surface area contributed by atoms with Gasteiger partial charge in [-0.05, 0) is 12.8 Å². The highest BCUT2D eigenvalue weighted by atomic mass is 19.3. The van der Waals surface area contributed by atoms with Gasteiger partial charge in [0, 0.05) is 6.42 Å². The number of halogens is 8. The number of hydrogen-bond acceptors (Lipinski definition) is 0. The van der Waals surface area contributed by atoms with Crippen molar-refractivity contribution in [1.82, 2.24) is 0 Å². The molecule has 0 saturated heterocycles. The van der Waals surface area contributed by atoms with E-state index in [1.54, 1.807) is 6.92 Å². The first-order valence-electron chi connectivity index (χ1n) is 9.97. The van der Waals surface area contributed by atoms with E-state index >= 15 is 0 Å². The molecule has 0 fully saturated rings. The molecule has 0 aliphatic heterocycles. The molecule has 0 aliphatic rings. The first-order chi connectivity index (χ1) is 13.8. The molecule has 0 aromatic heterocycles. The average Bonchev–Trinajstić information content (AvgIpc) is 2.78. The van der Waals surface area contributed by atoms with Gasteiger partial charge in [-0.3, -0.25) is 22.0 Å². The third-order valence-electron chi connectivity index (χ3n) is 1.64. The molecular formula is C21H50F8. The highest BCUT2D eigenvalue weighted by Crippen LogP contribution is 2.16. The maximum atomic E-state index is 11.5. The zero-order chi connectivity index (χ0) is 25.6. The van der Waals surface area contributed by atoms with Crippen molar-refractivity contribution < 1.29 is 35.1 Å². The number of rotatable bonds is 6. The average molecular weight is 455 g/mol. The van der Waals surface area contributed by atoms with Gasteiger partial charge in [0.2, 0.25) is 0 Å². The topological polar surface area (TPSA) is 0 Å². The molecule has 0 aromatic rings.